The molecule has 1 N–H and O–H groups in total. The average Bonchev–Trinajstić information content (AvgIpc) is 2.65. The lowest BCUT2D eigenvalue weighted by Gasteiger charge is -2.20. The fourth-order valence-electron chi connectivity index (χ4n) is 2.74. The van der Waals surface area contributed by atoms with Crippen molar-refractivity contribution in [1.82, 2.24) is 0 Å². The topological polar surface area (TPSA) is 21.3 Å². The Bertz CT molecular complexity index is 587. The molecule has 0 radical (unpaired) electrons. The second kappa shape index (κ2) is 3.39. The highest BCUT2D eigenvalue weighted by molar-refractivity contribution is 5.99. The van der Waals surface area contributed by atoms with Gasteiger partial charge in [0.05, 0.1) is 7.11 Å². The number of benzene rings is 2. The Balaban J connectivity index is 2.41. The van der Waals surface area contributed by atoms with E-state index in [4.69, 9.17) is 4.74 Å². The van der Waals surface area contributed by atoms with Crippen LogP contribution in [0.25, 0.3) is 10.8 Å². The van der Waals surface area contributed by atoms with E-state index < -0.39 is 0 Å². The minimum absolute atomic E-state index is 0.130. The van der Waals surface area contributed by atoms with Gasteiger partial charge in [0.15, 0.2) is 0 Å². The van der Waals surface area contributed by atoms with Crippen LogP contribution in [-0.2, 0) is 5.41 Å². The number of rotatable bonds is 1. The summed E-state index contributed by atoms with van der Waals surface area (Å²) in [7, 11) is 1.75. The van der Waals surface area contributed by atoms with Crippen LogP contribution in [0.2, 0.25) is 0 Å². The van der Waals surface area contributed by atoms with Gasteiger partial charge in [0.1, 0.15) is 5.75 Å². The van der Waals surface area contributed by atoms with Crippen molar-refractivity contribution in [3.63, 3.8) is 0 Å². The molecular weight excluding hydrogens is 210 g/mol. The molecular formula is C15H17NO. The SMILES string of the molecule is COc1cc2ccccc2c2c1C(C)(C)CN2. The van der Waals surface area contributed by atoms with Crippen LogP contribution in [0, 0.1) is 0 Å². The maximum Gasteiger partial charge on any atom is 0.125 e. The van der Waals surface area contributed by atoms with Gasteiger partial charge >= 0.3 is 0 Å². The fraction of sp³-hybridized carbons (Fsp3) is 0.333. The average molecular weight is 227 g/mol. The van der Waals surface area contributed by atoms with E-state index in [-0.39, 0.29) is 5.41 Å². The minimum Gasteiger partial charge on any atom is -0.496 e. The van der Waals surface area contributed by atoms with Crippen molar-refractivity contribution >= 4 is 16.5 Å². The van der Waals surface area contributed by atoms with Crippen LogP contribution < -0.4 is 10.1 Å². The molecule has 0 aliphatic carbocycles. The summed E-state index contributed by atoms with van der Waals surface area (Å²) in [5.74, 6) is 0.994. The van der Waals surface area contributed by atoms with Crippen LogP contribution in [0.5, 0.6) is 5.75 Å². The molecule has 0 spiro atoms. The first-order valence-corrected chi connectivity index (χ1v) is 5.97. The van der Waals surface area contributed by atoms with Crippen molar-refractivity contribution in [2.75, 3.05) is 19.0 Å². The van der Waals surface area contributed by atoms with Crippen LogP contribution in [-0.4, -0.2) is 13.7 Å². The number of hydrogen-bond acceptors (Lipinski definition) is 2. The van der Waals surface area contributed by atoms with Crippen LogP contribution in [0.3, 0.4) is 0 Å². The second-order valence-corrected chi connectivity index (χ2v) is 5.29. The largest absolute Gasteiger partial charge is 0.496 e. The summed E-state index contributed by atoms with van der Waals surface area (Å²) in [5.41, 5.74) is 2.67. The Morgan fingerprint density at radius 2 is 2.00 bits per heavy atom. The standard InChI is InChI=1S/C15H17NO/c1-15(2)9-16-14-11-7-5-4-6-10(11)8-12(17-3)13(14)15/h4-8,16H,9H2,1-3H3. The zero-order valence-corrected chi connectivity index (χ0v) is 10.5. The molecule has 0 fully saturated rings. The second-order valence-electron chi connectivity index (χ2n) is 5.29. The predicted octanol–water partition coefficient (Wildman–Crippen LogP) is 3.55. The Morgan fingerprint density at radius 1 is 1.24 bits per heavy atom. The summed E-state index contributed by atoms with van der Waals surface area (Å²) in [5, 5.41) is 6.04. The van der Waals surface area contributed by atoms with Gasteiger partial charge in [-0.1, -0.05) is 38.1 Å². The summed E-state index contributed by atoms with van der Waals surface area (Å²) in [4.78, 5) is 0. The third kappa shape index (κ3) is 1.40. The molecule has 0 bridgehead atoms. The Hall–Kier alpha value is -1.70. The van der Waals surface area contributed by atoms with Crippen molar-refractivity contribution in [1.29, 1.82) is 0 Å². The first-order valence-electron chi connectivity index (χ1n) is 5.97. The number of methoxy groups -OCH3 is 1. The van der Waals surface area contributed by atoms with Crippen molar-refractivity contribution < 1.29 is 4.74 Å². The molecule has 0 unspecified atom stereocenters. The minimum atomic E-state index is 0.130. The van der Waals surface area contributed by atoms with Gasteiger partial charge in [0.25, 0.3) is 0 Å². The molecule has 1 heterocycles. The van der Waals surface area contributed by atoms with Crippen LogP contribution in [0.15, 0.2) is 30.3 Å². The van der Waals surface area contributed by atoms with Gasteiger partial charge in [-0.25, -0.2) is 0 Å². The lowest BCUT2D eigenvalue weighted by atomic mass is 9.85. The molecule has 2 aromatic carbocycles. The van der Waals surface area contributed by atoms with Gasteiger partial charge in [-0.15, -0.1) is 0 Å². The monoisotopic (exact) mass is 227 g/mol. The molecule has 0 atom stereocenters. The molecule has 1 aliphatic heterocycles. The molecule has 17 heavy (non-hydrogen) atoms. The maximum absolute atomic E-state index is 5.56. The molecule has 2 nitrogen and oxygen atoms in total. The van der Waals surface area contributed by atoms with E-state index in [1.165, 1.54) is 22.0 Å². The quantitative estimate of drug-likeness (QED) is 0.804. The molecule has 0 saturated heterocycles. The zero-order valence-electron chi connectivity index (χ0n) is 10.5. The van der Waals surface area contributed by atoms with E-state index in [1.807, 2.05) is 0 Å². The molecule has 0 saturated carbocycles. The number of hydrogen-bond donors (Lipinski definition) is 1. The number of fused-ring (bicyclic) bond motifs is 3. The first kappa shape index (κ1) is 10.5. The fourth-order valence-corrected chi connectivity index (χ4v) is 2.74. The smallest absolute Gasteiger partial charge is 0.125 e. The summed E-state index contributed by atoms with van der Waals surface area (Å²) in [6.45, 7) is 5.47. The number of anilines is 1. The van der Waals surface area contributed by atoms with Crippen LogP contribution in [0.4, 0.5) is 5.69 Å². The molecule has 1 aliphatic rings. The van der Waals surface area contributed by atoms with Crippen molar-refractivity contribution in [3.05, 3.63) is 35.9 Å². The lowest BCUT2D eigenvalue weighted by molar-refractivity contribution is 0.400. The highest BCUT2D eigenvalue weighted by Gasteiger charge is 2.34. The van der Waals surface area contributed by atoms with Crippen LogP contribution >= 0.6 is 0 Å². The van der Waals surface area contributed by atoms with Gasteiger partial charge in [-0.05, 0) is 11.5 Å². The van der Waals surface area contributed by atoms with Gasteiger partial charge in [-0.2, -0.15) is 0 Å². The van der Waals surface area contributed by atoms with E-state index >= 15 is 0 Å². The van der Waals surface area contributed by atoms with Gasteiger partial charge in [0, 0.05) is 28.6 Å². The predicted molar refractivity (Wildman–Crippen MR) is 72.0 cm³/mol. The maximum atomic E-state index is 5.56. The summed E-state index contributed by atoms with van der Waals surface area (Å²) >= 11 is 0. The summed E-state index contributed by atoms with van der Waals surface area (Å²) < 4.78 is 5.56. The molecule has 0 aromatic heterocycles. The Morgan fingerprint density at radius 3 is 2.76 bits per heavy atom. The first-order chi connectivity index (χ1) is 8.13. The lowest BCUT2D eigenvalue weighted by Crippen LogP contribution is -2.19. The molecule has 88 valence electrons. The third-order valence-electron chi connectivity index (χ3n) is 3.62. The number of nitrogens with one attached hydrogen (secondary N) is 1. The molecule has 2 heteroatoms. The Labute approximate surface area is 102 Å². The normalized spacial score (nSPS) is 16.6. The molecule has 2 aromatic rings. The van der Waals surface area contributed by atoms with Gasteiger partial charge in [0.2, 0.25) is 0 Å². The summed E-state index contributed by atoms with van der Waals surface area (Å²) in [6, 6.07) is 10.6. The van der Waals surface area contributed by atoms with Crippen molar-refractivity contribution in [3.8, 4) is 5.75 Å². The van der Waals surface area contributed by atoms with E-state index in [1.54, 1.807) is 7.11 Å². The van der Waals surface area contributed by atoms with E-state index in [0.29, 0.717) is 0 Å². The van der Waals surface area contributed by atoms with Crippen molar-refractivity contribution in [2.24, 2.45) is 0 Å². The zero-order chi connectivity index (χ0) is 12.0. The van der Waals surface area contributed by atoms with E-state index in [2.05, 4.69) is 49.5 Å². The highest BCUT2D eigenvalue weighted by Crippen LogP contribution is 2.46. The number of ether oxygens (including phenoxy) is 1. The molecule has 0 amide bonds. The van der Waals surface area contributed by atoms with E-state index in [9.17, 15) is 0 Å². The summed E-state index contributed by atoms with van der Waals surface area (Å²) in [6.07, 6.45) is 0. The third-order valence-corrected chi connectivity index (χ3v) is 3.62. The van der Waals surface area contributed by atoms with Gasteiger partial charge in [-0.3, -0.25) is 0 Å². The van der Waals surface area contributed by atoms with Crippen molar-refractivity contribution in [2.45, 2.75) is 19.3 Å². The Kier molecular flexibility index (Phi) is 2.09. The molecule has 3 rings (SSSR count). The van der Waals surface area contributed by atoms with E-state index in [0.717, 1.165) is 12.3 Å². The highest BCUT2D eigenvalue weighted by atomic mass is 16.5. The van der Waals surface area contributed by atoms with Crippen LogP contribution in [0.1, 0.15) is 19.4 Å². The van der Waals surface area contributed by atoms with Gasteiger partial charge < -0.3 is 10.1 Å².